The first-order valence-corrected chi connectivity index (χ1v) is 8.23. The topological polar surface area (TPSA) is 70.8 Å². The van der Waals surface area contributed by atoms with Gasteiger partial charge in [0.2, 0.25) is 5.91 Å². The summed E-state index contributed by atoms with van der Waals surface area (Å²) in [6.07, 6.45) is 2.02. The average Bonchev–Trinajstić information content (AvgIpc) is 2.25. The number of primary amides is 1. The first-order chi connectivity index (χ1) is 8.10. The number of amides is 1. The normalized spacial score (nSPS) is 11.7. The van der Waals surface area contributed by atoms with Crippen molar-refractivity contribution in [3.8, 4) is 0 Å². The van der Waals surface area contributed by atoms with Crippen molar-refractivity contribution in [1.29, 1.82) is 0 Å². The van der Waals surface area contributed by atoms with Crippen LogP contribution in [0.15, 0.2) is 0 Å². The van der Waals surface area contributed by atoms with Gasteiger partial charge in [-0.3, -0.25) is 4.79 Å². The molecule has 0 aliphatic heterocycles. The van der Waals surface area contributed by atoms with Crippen molar-refractivity contribution in [3.05, 3.63) is 0 Å². The van der Waals surface area contributed by atoms with Crippen LogP contribution < -0.4 is 5.73 Å². The highest BCUT2D eigenvalue weighted by Gasteiger charge is 2.39. The Bertz CT molecular complexity index is 197. The minimum Gasteiger partial charge on any atom is -0.374 e. The van der Waals surface area contributed by atoms with E-state index >= 15 is 0 Å². The van der Waals surface area contributed by atoms with Crippen LogP contribution in [-0.2, 0) is 18.1 Å². The van der Waals surface area contributed by atoms with Crippen LogP contribution in [0.3, 0.4) is 0 Å². The molecule has 0 spiro atoms. The molecule has 0 radical (unpaired) electrons. The largest absolute Gasteiger partial charge is 0.500 e. The van der Waals surface area contributed by atoms with Crippen LogP contribution in [0.25, 0.3) is 0 Å². The Morgan fingerprint density at radius 2 is 1.47 bits per heavy atom. The molecule has 0 saturated carbocycles. The van der Waals surface area contributed by atoms with Crippen LogP contribution in [0.1, 0.15) is 40.0 Å². The minimum absolute atomic E-state index is 0.263. The molecule has 0 fully saturated rings. The molecule has 102 valence electrons. The second kappa shape index (κ2) is 9.58. The average molecular weight is 263 g/mol. The highest BCUT2D eigenvalue weighted by atomic mass is 28.4. The number of nitrogens with two attached hydrogens (primary N) is 1. The second-order valence-corrected chi connectivity index (χ2v) is 6.39. The van der Waals surface area contributed by atoms with Gasteiger partial charge in [0.25, 0.3) is 0 Å². The third-order valence-corrected chi connectivity index (χ3v) is 5.40. The van der Waals surface area contributed by atoms with Gasteiger partial charge in [0.05, 0.1) is 0 Å². The van der Waals surface area contributed by atoms with Crippen molar-refractivity contribution in [2.24, 2.45) is 5.73 Å². The Morgan fingerprint density at radius 1 is 1.00 bits per heavy atom. The van der Waals surface area contributed by atoms with E-state index in [1.54, 1.807) is 0 Å². The van der Waals surface area contributed by atoms with Gasteiger partial charge in [-0.1, -0.05) is 0 Å². The maximum atomic E-state index is 10.6. The third-order valence-electron chi connectivity index (χ3n) is 2.25. The highest BCUT2D eigenvalue weighted by molar-refractivity contribution is 6.60. The lowest BCUT2D eigenvalue weighted by atomic mass is 10.2. The minimum atomic E-state index is -2.52. The smallest absolute Gasteiger partial charge is 0.374 e. The standard InChI is InChI=1S/C11H25NO4Si/c1-4-14-17(15-5-2,16-6-3)10-8-7-9-11(12)13/h4-10H2,1-3H3,(H2,12,13). The van der Waals surface area contributed by atoms with Gasteiger partial charge in [0.15, 0.2) is 0 Å². The first kappa shape index (κ1) is 16.6. The van der Waals surface area contributed by atoms with Crippen LogP contribution in [0.4, 0.5) is 0 Å². The number of rotatable bonds is 11. The predicted molar refractivity (Wildman–Crippen MR) is 68.5 cm³/mol. The molecule has 6 heteroatoms. The summed E-state index contributed by atoms with van der Waals surface area (Å²) in [7, 11) is -2.52. The lowest BCUT2D eigenvalue weighted by Gasteiger charge is -2.28. The number of carbonyl (C=O) groups is 1. The van der Waals surface area contributed by atoms with Gasteiger partial charge in [-0.25, -0.2) is 0 Å². The molecule has 0 bridgehead atoms. The summed E-state index contributed by atoms with van der Waals surface area (Å²) >= 11 is 0. The van der Waals surface area contributed by atoms with Gasteiger partial charge in [0.1, 0.15) is 0 Å². The molecule has 0 aromatic rings. The summed E-state index contributed by atoms with van der Waals surface area (Å²) in [5.41, 5.74) is 5.10. The monoisotopic (exact) mass is 263 g/mol. The third kappa shape index (κ3) is 7.48. The van der Waals surface area contributed by atoms with Crippen LogP contribution in [-0.4, -0.2) is 34.5 Å². The molecule has 0 unspecified atom stereocenters. The Labute approximate surface area is 105 Å². The van der Waals surface area contributed by atoms with E-state index in [0.717, 1.165) is 18.9 Å². The van der Waals surface area contributed by atoms with Crippen LogP contribution in [0.5, 0.6) is 0 Å². The van der Waals surface area contributed by atoms with E-state index < -0.39 is 8.80 Å². The molecule has 0 atom stereocenters. The van der Waals surface area contributed by atoms with E-state index in [1.807, 2.05) is 20.8 Å². The van der Waals surface area contributed by atoms with Crippen molar-refractivity contribution in [3.63, 3.8) is 0 Å². The molecule has 0 aromatic heterocycles. The molecule has 2 N–H and O–H groups in total. The fourth-order valence-electron chi connectivity index (χ4n) is 1.64. The zero-order valence-corrected chi connectivity index (χ0v) is 12.2. The summed E-state index contributed by atoms with van der Waals surface area (Å²) in [6.45, 7) is 7.56. The Balaban J connectivity index is 4.18. The van der Waals surface area contributed by atoms with E-state index in [4.69, 9.17) is 19.0 Å². The molecule has 1 amide bonds. The molecular formula is C11H25NO4Si. The Morgan fingerprint density at radius 3 is 1.82 bits per heavy atom. The lowest BCUT2D eigenvalue weighted by Crippen LogP contribution is -2.45. The molecule has 0 heterocycles. The van der Waals surface area contributed by atoms with Crippen LogP contribution >= 0.6 is 0 Å². The van der Waals surface area contributed by atoms with Gasteiger partial charge in [-0.05, 0) is 33.6 Å². The maximum absolute atomic E-state index is 10.6. The molecule has 0 saturated heterocycles. The number of hydrogen-bond acceptors (Lipinski definition) is 4. The summed E-state index contributed by atoms with van der Waals surface area (Å²) < 4.78 is 17.1. The molecule has 0 aromatic carbocycles. The van der Waals surface area contributed by atoms with Gasteiger partial charge in [-0.2, -0.15) is 0 Å². The van der Waals surface area contributed by atoms with Gasteiger partial charge < -0.3 is 19.0 Å². The molecule has 5 nitrogen and oxygen atoms in total. The molecule has 0 aliphatic rings. The van der Waals surface area contributed by atoms with E-state index in [2.05, 4.69) is 0 Å². The van der Waals surface area contributed by atoms with Crippen molar-refractivity contribution in [2.45, 2.75) is 46.1 Å². The zero-order valence-electron chi connectivity index (χ0n) is 11.2. The molecular weight excluding hydrogens is 238 g/mol. The number of hydrogen-bond donors (Lipinski definition) is 1. The fourth-order valence-corrected chi connectivity index (χ4v) is 4.33. The Kier molecular flexibility index (Phi) is 9.34. The van der Waals surface area contributed by atoms with Crippen LogP contribution in [0.2, 0.25) is 6.04 Å². The van der Waals surface area contributed by atoms with Crippen molar-refractivity contribution >= 4 is 14.7 Å². The van der Waals surface area contributed by atoms with Gasteiger partial charge >= 0.3 is 8.80 Å². The van der Waals surface area contributed by atoms with Gasteiger partial charge in [0, 0.05) is 32.3 Å². The van der Waals surface area contributed by atoms with Crippen molar-refractivity contribution in [2.75, 3.05) is 19.8 Å². The second-order valence-electron chi connectivity index (χ2n) is 3.66. The quantitative estimate of drug-likeness (QED) is 0.455. The summed E-state index contributed by atoms with van der Waals surface area (Å²) in [5.74, 6) is -0.263. The van der Waals surface area contributed by atoms with Crippen molar-refractivity contribution in [1.82, 2.24) is 0 Å². The lowest BCUT2D eigenvalue weighted by molar-refractivity contribution is -0.118. The molecule has 0 aliphatic carbocycles. The SMILES string of the molecule is CCO[Si](CCCCC(N)=O)(OCC)OCC. The van der Waals surface area contributed by atoms with Gasteiger partial charge in [-0.15, -0.1) is 0 Å². The number of unbranched alkanes of at least 4 members (excludes halogenated alkanes) is 1. The highest BCUT2D eigenvalue weighted by Crippen LogP contribution is 2.19. The molecule has 17 heavy (non-hydrogen) atoms. The van der Waals surface area contributed by atoms with E-state index in [0.29, 0.717) is 26.2 Å². The van der Waals surface area contributed by atoms with Crippen LogP contribution in [0, 0.1) is 0 Å². The number of carbonyl (C=O) groups excluding carboxylic acids is 1. The summed E-state index contributed by atoms with van der Waals surface area (Å²) in [5, 5.41) is 0. The summed E-state index contributed by atoms with van der Waals surface area (Å²) in [4.78, 5) is 10.6. The first-order valence-electron chi connectivity index (χ1n) is 6.30. The Hall–Kier alpha value is -0.433. The van der Waals surface area contributed by atoms with E-state index in [-0.39, 0.29) is 5.91 Å². The fraction of sp³-hybridized carbons (Fsp3) is 0.909. The summed E-state index contributed by atoms with van der Waals surface area (Å²) in [6, 6.07) is 0.746. The van der Waals surface area contributed by atoms with E-state index in [9.17, 15) is 4.79 Å². The maximum Gasteiger partial charge on any atom is 0.500 e. The van der Waals surface area contributed by atoms with E-state index in [1.165, 1.54) is 0 Å². The zero-order chi connectivity index (χ0) is 13.1. The van der Waals surface area contributed by atoms with Crippen molar-refractivity contribution < 1.29 is 18.1 Å². The predicted octanol–water partition coefficient (Wildman–Crippen LogP) is 1.69. The molecule has 0 rings (SSSR count).